The zero-order chi connectivity index (χ0) is 14.1. The van der Waals surface area contributed by atoms with Gasteiger partial charge in [-0.1, -0.05) is 6.92 Å². The lowest BCUT2D eigenvalue weighted by Gasteiger charge is -2.03. The van der Waals surface area contributed by atoms with Crippen LogP contribution in [0.2, 0.25) is 0 Å². The van der Waals surface area contributed by atoms with Gasteiger partial charge in [0, 0.05) is 29.1 Å². The average Bonchev–Trinajstić information content (AvgIpc) is 2.51. The average molecular weight is 294 g/mol. The molecule has 0 amide bonds. The first kappa shape index (κ1) is 15.0. The van der Waals surface area contributed by atoms with Crippen LogP contribution in [0.15, 0.2) is 4.90 Å². The van der Waals surface area contributed by atoms with Gasteiger partial charge in [-0.25, -0.2) is 13.2 Å². The number of rotatable bonds is 4. The highest BCUT2D eigenvalue weighted by Gasteiger charge is 2.31. The van der Waals surface area contributed by atoms with Crippen molar-refractivity contribution < 1.29 is 17.9 Å². The summed E-state index contributed by atoms with van der Waals surface area (Å²) in [5.41, 5.74) is 1.07. The summed E-state index contributed by atoms with van der Waals surface area (Å²) in [6, 6.07) is 0. The lowest BCUT2D eigenvalue weighted by atomic mass is 10.2. The molecule has 0 fully saturated rings. The van der Waals surface area contributed by atoms with Crippen LogP contribution < -0.4 is 0 Å². The number of nitrogens with zero attached hydrogens (tertiary/aromatic N) is 1. The van der Waals surface area contributed by atoms with E-state index in [0.717, 1.165) is 0 Å². The molecule has 5 nitrogen and oxygen atoms in total. The molecule has 0 aliphatic carbocycles. The van der Waals surface area contributed by atoms with Crippen LogP contribution in [0.3, 0.4) is 0 Å². The first-order valence-electron chi connectivity index (χ1n) is 5.55. The topological polar surface area (TPSA) is 65.4 Å². The molecule has 0 atom stereocenters. The zero-order valence-electron chi connectivity index (χ0n) is 10.8. The molecule has 18 heavy (non-hydrogen) atoms. The molecule has 1 heterocycles. The smallest absolute Gasteiger partial charge is 0.341 e. The van der Waals surface area contributed by atoms with E-state index in [2.05, 4.69) is 0 Å². The Hall–Kier alpha value is -1.01. The van der Waals surface area contributed by atoms with Gasteiger partial charge in [0.05, 0.1) is 6.61 Å². The molecule has 0 radical (unpaired) electrons. The number of carbonyl (C=O) groups is 1. The maximum absolute atomic E-state index is 11.9. The van der Waals surface area contributed by atoms with Crippen LogP contribution in [0.25, 0.3) is 0 Å². The Kier molecular flexibility index (Phi) is 4.45. The van der Waals surface area contributed by atoms with E-state index in [9.17, 15) is 13.2 Å². The quantitative estimate of drug-likeness (QED) is 0.629. The van der Waals surface area contributed by atoms with Gasteiger partial charge in [-0.3, -0.25) is 0 Å². The predicted octanol–water partition coefficient (Wildman–Crippen LogP) is 2.00. The SMILES string of the molecule is CCOC(=O)c1c(S(=O)(=O)Cl)c(CC)n(C)c1C. The molecule has 0 aromatic carbocycles. The molecule has 1 aromatic rings. The largest absolute Gasteiger partial charge is 0.462 e. The first-order chi connectivity index (χ1) is 8.25. The molecule has 0 bridgehead atoms. The van der Waals surface area contributed by atoms with Crippen molar-refractivity contribution in [3.8, 4) is 0 Å². The van der Waals surface area contributed by atoms with Crippen molar-refractivity contribution in [1.29, 1.82) is 0 Å². The van der Waals surface area contributed by atoms with Crippen LogP contribution >= 0.6 is 10.7 Å². The maximum Gasteiger partial charge on any atom is 0.341 e. The molecule has 0 spiro atoms. The van der Waals surface area contributed by atoms with Crippen molar-refractivity contribution in [3.63, 3.8) is 0 Å². The number of aromatic nitrogens is 1. The van der Waals surface area contributed by atoms with Gasteiger partial charge in [0.15, 0.2) is 0 Å². The van der Waals surface area contributed by atoms with Crippen molar-refractivity contribution >= 4 is 25.7 Å². The third-order valence-electron chi connectivity index (χ3n) is 2.82. The molecule has 102 valence electrons. The van der Waals surface area contributed by atoms with Gasteiger partial charge >= 0.3 is 5.97 Å². The minimum Gasteiger partial charge on any atom is -0.462 e. The van der Waals surface area contributed by atoms with Gasteiger partial charge < -0.3 is 9.30 Å². The normalized spacial score (nSPS) is 11.6. The van der Waals surface area contributed by atoms with E-state index < -0.39 is 15.0 Å². The van der Waals surface area contributed by atoms with Crippen LogP contribution in [0.1, 0.15) is 35.6 Å². The number of hydrogen-bond acceptors (Lipinski definition) is 4. The summed E-state index contributed by atoms with van der Waals surface area (Å²) < 4.78 is 29.8. The minimum absolute atomic E-state index is 0.0335. The Morgan fingerprint density at radius 2 is 1.94 bits per heavy atom. The van der Waals surface area contributed by atoms with Gasteiger partial charge in [-0.05, 0) is 20.3 Å². The van der Waals surface area contributed by atoms with Crippen LogP contribution in [-0.2, 0) is 27.3 Å². The lowest BCUT2D eigenvalue weighted by molar-refractivity contribution is 0.0521. The van der Waals surface area contributed by atoms with E-state index in [1.54, 1.807) is 32.4 Å². The van der Waals surface area contributed by atoms with Crippen molar-refractivity contribution in [2.24, 2.45) is 7.05 Å². The van der Waals surface area contributed by atoms with E-state index >= 15 is 0 Å². The zero-order valence-corrected chi connectivity index (χ0v) is 12.4. The van der Waals surface area contributed by atoms with Crippen molar-refractivity contribution in [2.75, 3.05) is 6.61 Å². The monoisotopic (exact) mass is 293 g/mol. The van der Waals surface area contributed by atoms with Crippen molar-refractivity contribution in [2.45, 2.75) is 32.1 Å². The van der Waals surface area contributed by atoms with E-state index in [1.165, 1.54) is 0 Å². The molecule has 0 saturated heterocycles. The number of esters is 1. The fourth-order valence-corrected chi connectivity index (χ4v) is 3.47. The van der Waals surface area contributed by atoms with E-state index in [0.29, 0.717) is 17.8 Å². The summed E-state index contributed by atoms with van der Waals surface area (Å²) in [5, 5.41) is 0. The highest BCUT2D eigenvalue weighted by atomic mass is 35.7. The van der Waals surface area contributed by atoms with E-state index in [4.69, 9.17) is 15.4 Å². The molecule has 7 heteroatoms. The third kappa shape index (κ3) is 2.54. The van der Waals surface area contributed by atoms with E-state index in [-0.39, 0.29) is 17.1 Å². The molecule has 1 rings (SSSR count). The number of hydrogen-bond donors (Lipinski definition) is 0. The highest BCUT2D eigenvalue weighted by Crippen LogP contribution is 2.30. The number of ether oxygens (including phenoxy) is 1. The second kappa shape index (κ2) is 5.32. The summed E-state index contributed by atoms with van der Waals surface area (Å²) in [6.45, 7) is 5.30. The van der Waals surface area contributed by atoms with Gasteiger partial charge in [-0.15, -0.1) is 0 Å². The second-order valence-corrected chi connectivity index (χ2v) is 6.31. The second-order valence-electron chi connectivity index (χ2n) is 3.81. The molecular formula is C11H16ClNO4S. The number of carbonyl (C=O) groups excluding carboxylic acids is 1. The lowest BCUT2D eigenvalue weighted by Crippen LogP contribution is -2.09. The van der Waals surface area contributed by atoms with Gasteiger partial charge in [0.1, 0.15) is 10.5 Å². The Bertz CT molecular complexity index is 574. The maximum atomic E-state index is 11.9. The summed E-state index contributed by atoms with van der Waals surface area (Å²) in [6.07, 6.45) is 0.456. The molecule has 0 aliphatic rings. The molecule has 0 N–H and O–H groups in total. The summed E-state index contributed by atoms with van der Waals surface area (Å²) in [4.78, 5) is 11.7. The standard InChI is InChI=1S/C11H16ClNO4S/c1-5-8-10(18(12,15)16)9(7(3)13(8)4)11(14)17-6-2/h5-6H2,1-4H3. The molecule has 0 unspecified atom stereocenters. The third-order valence-corrected chi connectivity index (χ3v) is 4.21. The van der Waals surface area contributed by atoms with Gasteiger partial charge in [0.25, 0.3) is 9.05 Å². The van der Waals surface area contributed by atoms with Crippen LogP contribution in [0.4, 0.5) is 0 Å². The Morgan fingerprint density at radius 3 is 2.33 bits per heavy atom. The number of halogens is 1. The van der Waals surface area contributed by atoms with E-state index in [1.807, 2.05) is 0 Å². The fraction of sp³-hybridized carbons (Fsp3) is 0.545. The Morgan fingerprint density at radius 1 is 1.39 bits per heavy atom. The first-order valence-corrected chi connectivity index (χ1v) is 7.86. The fourth-order valence-electron chi connectivity index (χ4n) is 1.94. The Balaban J connectivity index is 3.65. The van der Waals surface area contributed by atoms with Crippen molar-refractivity contribution in [3.05, 3.63) is 17.0 Å². The van der Waals surface area contributed by atoms with Crippen LogP contribution in [0, 0.1) is 6.92 Å². The molecule has 0 aliphatic heterocycles. The summed E-state index contributed by atoms with van der Waals surface area (Å²) in [5.74, 6) is -0.662. The van der Waals surface area contributed by atoms with Crippen LogP contribution in [-0.4, -0.2) is 25.6 Å². The summed E-state index contributed by atoms with van der Waals surface area (Å²) in [7, 11) is 3.13. The van der Waals surface area contributed by atoms with Gasteiger partial charge in [-0.2, -0.15) is 0 Å². The molecule has 0 saturated carbocycles. The van der Waals surface area contributed by atoms with Crippen molar-refractivity contribution in [1.82, 2.24) is 4.57 Å². The summed E-state index contributed by atoms with van der Waals surface area (Å²) >= 11 is 0. The minimum atomic E-state index is -3.99. The van der Waals surface area contributed by atoms with Gasteiger partial charge in [0.2, 0.25) is 0 Å². The molecular weight excluding hydrogens is 278 g/mol. The Labute approximate surface area is 111 Å². The van der Waals surface area contributed by atoms with Crippen LogP contribution in [0.5, 0.6) is 0 Å². The molecule has 1 aromatic heterocycles. The highest BCUT2D eigenvalue weighted by molar-refractivity contribution is 8.13. The predicted molar refractivity (Wildman–Crippen MR) is 68.5 cm³/mol.